The summed E-state index contributed by atoms with van der Waals surface area (Å²) < 4.78 is 9.64. The standard InChI is InChI=1S/C54H36N4O/c1-54(2)44-27-13-12-24-39(44)40-28-29-43-46-45(58(48(43)47(40)54)37-22-10-5-11-23-37)31-30-42-41-26-15-25-38(49(41)59-50(42)46)35-20-14-21-36(32-35)53-56-51(33-16-6-3-7-17-33)55-52(57-53)34-18-8-4-9-19-34/h3-32H,1-2H3. The minimum atomic E-state index is -0.195. The number of rotatable bonds is 5. The van der Waals surface area contributed by atoms with E-state index in [1.807, 2.05) is 60.7 Å². The van der Waals surface area contributed by atoms with Crippen molar-refractivity contribution >= 4 is 43.7 Å². The van der Waals surface area contributed by atoms with Crippen LogP contribution in [0.1, 0.15) is 25.0 Å². The molecule has 8 aromatic carbocycles. The van der Waals surface area contributed by atoms with E-state index in [2.05, 4.69) is 140 Å². The molecular weight excluding hydrogens is 721 g/mol. The number of nitrogens with zero attached hydrogens (tertiary/aromatic N) is 4. The lowest BCUT2D eigenvalue weighted by molar-refractivity contribution is 0.664. The number of aromatic nitrogens is 4. The van der Waals surface area contributed by atoms with Gasteiger partial charge in [-0.3, -0.25) is 0 Å². The molecule has 59 heavy (non-hydrogen) atoms. The minimum absolute atomic E-state index is 0.195. The van der Waals surface area contributed by atoms with Gasteiger partial charge in [-0.1, -0.05) is 166 Å². The van der Waals surface area contributed by atoms with Crippen LogP contribution < -0.4 is 0 Å². The van der Waals surface area contributed by atoms with E-state index in [1.54, 1.807) is 0 Å². The van der Waals surface area contributed by atoms with Crippen LogP contribution in [0, 0.1) is 0 Å². The summed E-state index contributed by atoms with van der Waals surface area (Å²) in [6, 6.07) is 63.9. The van der Waals surface area contributed by atoms with E-state index in [1.165, 1.54) is 33.2 Å². The third kappa shape index (κ3) is 5.01. The number of benzene rings is 8. The quantitative estimate of drug-likeness (QED) is 0.175. The number of furan rings is 1. The van der Waals surface area contributed by atoms with Crippen LogP contribution in [0.15, 0.2) is 186 Å². The molecule has 278 valence electrons. The molecular formula is C54H36N4O. The largest absolute Gasteiger partial charge is 0.455 e. The Morgan fingerprint density at radius 3 is 1.73 bits per heavy atom. The van der Waals surface area contributed by atoms with Gasteiger partial charge in [0, 0.05) is 49.5 Å². The number of fused-ring (bicyclic) bond motifs is 11. The first-order valence-corrected chi connectivity index (χ1v) is 20.1. The normalized spacial score (nSPS) is 13.1. The zero-order valence-electron chi connectivity index (χ0n) is 32.5. The second kappa shape index (κ2) is 12.7. The van der Waals surface area contributed by atoms with Gasteiger partial charge in [-0.05, 0) is 58.1 Å². The average molecular weight is 757 g/mol. The highest BCUT2D eigenvalue weighted by molar-refractivity contribution is 6.26. The number of hydrogen-bond donors (Lipinski definition) is 0. The Hall–Kier alpha value is -7.63. The van der Waals surface area contributed by atoms with Gasteiger partial charge in [0.25, 0.3) is 0 Å². The number of para-hydroxylation sites is 2. The Morgan fingerprint density at radius 2 is 1.00 bits per heavy atom. The van der Waals surface area contributed by atoms with Crippen molar-refractivity contribution in [3.05, 3.63) is 193 Å². The van der Waals surface area contributed by atoms with Gasteiger partial charge in [0.2, 0.25) is 0 Å². The monoisotopic (exact) mass is 756 g/mol. The zero-order valence-corrected chi connectivity index (χ0v) is 32.5. The van der Waals surface area contributed by atoms with Crippen molar-refractivity contribution in [1.82, 2.24) is 19.5 Å². The Bertz CT molecular complexity index is 3400. The SMILES string of the molecule is CC1(C)c2ccccc2-c2ccc3c4c5oc6c(-c7cccc(-c8nc(-c9ccccc9)nc(-c9ccccc9)n8)c7)cccc6c5ccc4n(-c4ccccc4)c3c21. The third-order valence-corrected chi connectivity index (χ3v) is 12.2. The van der Waals surface area contributed by atoms with E-state index in [0.29, 0.717) is 17.5 Å². The summed E-state index contributed by atoms with van der Waals surface area (Å²) in [5.41, 5.74) is 15.2. The molecule has 0 N–H and O–H groups in total. The lowest BCUT2D eigenvalue weighted by Crippen LogP contribution is -2.16. The van der Waals surface area contributed by atoms with E-state index in [4.69, 9.17) is 19.4 Å². The van der Waals surface area contributed by atoms with Crippen LogP contribution in [0.5, 0.6) is 0 Å². The highest BCUT2D eigenvalue weighted by Crippen LogP contribution is 2.54. The molecule has 0 spiro atoms. The van der Waals surface area contributed by atoms with Gasteiger partial charge in [-0.2, -0.15) is 0 Å². The van der Waals surface area contributed by atoms with Gasteiger partial charge in [0.05, 0.1) is 16.4 Å². The summed E-state index contributed by atoms with van der Waals surface area (Å²) in [6.07, 6.45) is 0. The molecule has 0 unspecified atom stereocenters. The summed E-state index contributed by atoms with van der Waals surface area (Å²) in [7, 11) is 0. The maximum absolute atomic E-state index is 7.19. The lowest BCUT2D eigenvalue weighted by Gasteiger charge is -2.23. The Morgan fingerprint density at radius 1 is 0.441 bits per heavy atom. The number of hydrogen-bond acceptors (Lipinski definition) is 4. The van der Waals surface area contributed by atoms with Crippen LogP contribution in [-0.2, 0) is 5.41 Å². The molecule has 0 atom stereocenters. The molecule has 0 amide bonds. The van der Waals surface area contributed by atoms with Crippen molar-refractivity contribution in [3.8, 4) is 62.1 Å². The van der Waals surface area contributed by atoms with E-state index in [0.717, 1.165) is 66.3 Å². The van der Waals surface area contributed by atoms with Crippen LogP contribution in [0.4, 0.5) is 0 Å². The molecule has 5 nitrogen and oxygen atoms in total. The first kappa shape index (κ1) is 33.5. The fraction of sp³-hybridized carbons (Fsp3) is 0.0556. The highest BCUT2D eigenvalue weighted by Gasteiger charge is 2.38. The van der Waals surface area contributed by atoms with Crippen molar-refractivity contribution < 1.29 is 4.42 Å². The Labute approximate surface area is 340 Å². The predicted molar refractivity (Wildman–Crippen MR) is 241 cm³/mol. The van der Waals surface area contributed by atoms with Gasteiger partial charge in [-0.25, -0.2) is 15.0 Å². The molecule has 0 aliphatic heterocycles. The zero-order chi connectivity index (χ0) is 39.2. The lowest BCUT2D eigenvalue weighted by atomic mass is 9.81. The molecule has 0 saturated heterocycles. The fourth-order valence-electron chi connectivity index (χ4n) is 9.53. The second-order valence-electron chi connectivity index (χ2n) is 16.0. The Balaban J connectivity index is 1.08. The van der Waals surface area contributed by atoms with Crippen LogP contribution in [0.2, 0.25) is 0 Å². The van der Waals surface area contributed by atoms with Gasteiger partial charge in [0.15, 0.2) is 17.5 Å². The average Bonchev–Trinajstić information content (AvgIpc) is 3.92. The summed E-state index contributed by atoms with van der Waals surface area (Å²) in [5.74, 6) is 1.89. The maximum atomic E-state index is 7.19. The molecule has 0 radical (unpaired) electrons. The molecule has 1 aliphatic carbocycles. The summed E-state index contributed by atoms with van der Waals surface area (Å²) in [6.45, 7) is 4.73. The van der Waals surface area contributed by atoms with Crippen molar-refractivity contribution in [3.63, 3.8) is 0 Å². The topological polar surface area (TPSA) is 56.7 Å². The molecule has 11 aromatic rings. The molecule has 0 fully saturated rings. The molecule has 0 bridgehead atoms. The predicted octanol–water partition coefficient (Wildman–Crippen LogP) is 13.8. The second-order valence-corrected chi connectivity index (χ2v) is 16.0. The first-order chi connectivity index (χ1) is 29.0. The van der Waals surface area contributed by atoms with Crippen LogP contribution in [0.25, 0.3) is 106 Å². The van der Waals surface area contributed by atoms with Crippen LogP contribution in [-0.4, -0.2) is 19.5 Å². The first-order valence-electron chi connectivity index (χ1n) is 20.1. The van der Waals surface area contributed by atoms with E-state index < -0.39 is 0 Å². The van der Waals surface area contributed by atoms with E-state index in [9.17, 15) is 0 Å². The van der Waals surface area contributed by atoms with Crippen LogP contribution >= 0.6 is 0 Å². The van der Waals surface area contributed by atoms with Gasteiger partial charge in [0.1, 0.15) is 11.2 Å². The summed E-state index contributed by atoms with van der Waals surface area (Å²) >= 11 is 0. The minimum Gasteiger partial charge on any atom is -0.455 e. The van der Waals surface area contributed by atoms with Gasteiger partial charge in [-0.15, -0.1) is 0 Å². The maximum Gasteiger partial charge on any atom is 0.164 e. The molecule has 0 saturated carbocycles. The molecule has 1 aliphatic rings. The fourth-order valence-corrected chi connectivity index (χ4v) is 9.53. The van der Waals surface area contributed by atoms with Crippen LogP contribution in [0.3, 0.4) is 0 Å². The summed E-state index contributed by atoms with van der Waals surface area (Å²) in [4.78, 5) is 15.0. The molecule has 3 aromatic heterocycles. The summed E-state index contributed by atoms with van der Waals surface area (Å²) in [5, 5.41) is 4.49. The van der Waals surface area contributed by atoms with E-state index >= 15 is 0 Å². The van der Waals surface area contributed by atoms with Gasteiger partial charge >= 0.3 is 0 Å². The Kier molecular flexibility index (Phi) is 7.20. The molecule has 12 rings (SSSR count). The smallest absolute Gasteiger partial charge is 0.164 e. The third-order valence-electron chi connectivity index (χ3n) is 12.2. The van der Waals surface area contributed by atoms with Crippen molar-refractivity contribution in [2.24, 2.45) is 0 Å². The van der Waals surface area contributed by atoms with Crippen molar-refractivity contribution in [2.45, 2.75) is 19.3 Å². The highest BCUT2D eigenvalue weighted by atomic mass is 16.3. The van der Waals surface area contributed by atoms with Gasteiger partial charge < -0.3 is 8.98 Å². The molecule has 3 heterocycles. The van der Waals surface area contributed by atoms with Crippen molar-refractivity contribution in [2.75, 3.05) is 0 Å². The molecule has 5 heteroatoms. The van der Waals surface area contributed by atoms with Crippen molar-refractivity contribution in [1.29, 1.82) is 0 Å². The van der Waals surface area contributed by atoms with E-state index in [-0.39, 0.29) is 5.41 Å².